The highest BCUT2D eigenvalue weighted by Gasteiger charge is 2.60. The lowest BCUT2D eigenvalue weighted by Crippen LogP contribution is -2.58. The van der Waals surface area contributed by atoms with E-state index in [0.29, 0.717) is 11.8 Å². The maximum atomic E-state index is 6.53. The molecule has 1 atom stereocenters. The van der Waals surface area contributed by atoms with Crippen LogP contribution >= 0.6 is 0 Å². The zero-order valence-corrected chi connectivity index (χ0v) is 10.5. The first-order valence-corrected chi connectivity index (χ1v) is 6.35. The van der Waals surface area contributed by atoms with Crippen molar-refractivity contribution in [3.8, 4) is 0 Å². The molecule has 1 aliphatic carbocycles. The van der Waals surface area contributed by atoms with E-state index in [9.17, 15) is 0 Å². The molecule has 0 amide bonds. The van der Waals surface area contributed by atoms with E-state index in [4.69, 9.17) is 10.5 Å². The van der Waals surface area contributed by atoms with Crippen molar-refractivity contribution in [1.82, 2.24) is 0 Å². The van der Waals surface area contributed by atoms with E-state index >= 15 is 0 Å². The van der Waals surface area contributed by atoms with Crippen molar-refractivity contribution in [3.05, 3.63) is 0 Å². The van der Waals surface area contributed by atoms with Gasteiger partial charge in [-0.3, -0.25) is 0 Å². The maximum Gasteiger partial charge on any atom is 0.0839 e. The van der Waals surface area contributed by atoms with Crippen LogP contribution in [0.25, 0.3) is 0 Å². The summed E-state index contributed by atoms with van der Waals surface area (Å²) in [4.78, 5) is 0. The molecule has 2 heteroatoms. The molecule has 0 unspecified atom stereocenters. The quantitative estimate of drug-likeness (QED) is 0.762. The van der Waals surface area contributed by atoms with Gasteiger partial charge in [0, 0.05) is 11.5 Å². The summed E-state index contributed by atoms with van der Waals surface area (Å²) in [5.41, 5.74) is 6.78. The van der Waals surface area contributed by atoms with Gasteiger partial charge in [0.1, 0.15) is 0 Å². The van der Waals surface area contributed by atoms with E-state index in [0.717, 1.165) is 6.61 Å². The summed E-state index contributed by atoms with van der Waals surface area (Å²) in [5, 5.41) is 0. The number of nitrogens with two attached hydrogens (primary N) is 1. The molecule has 15 heavy (non-hydrogen) atoms. The van der Waals surface area contributed by atoms with Gasteiger partial charge in [0.05, 0.1) is 12.2 Å². The Balaban J connectivity index is 2.28. The van der Waals surface area contributed by atoms with Crippen molar-refractivity contribution in [2.24, 2.45) is 23.0 Å². The summed E-state index contributed by atoms with van der Waals surface area (Å²) in [5.74, 6) is 1.21. The first-order chi connectivity index (χ1) is 6.96. The van der Waals surface area contributed by atoms with E-state index in [-0.39, 0.29) is 17.1 Å². The van der Waals surface area contributed by atoms with E-state index < -0.39 is 0 Å². The third-order valence-corrected chi connectivity index (χ3v) is 5.11. The Labute approximate surface area is 93.6 Å². The monoisotopic (exact) mass is 211 g/mol. The molecule has 0 aromatic rings. The molecule has 1 saturated heterocycles. The van der Waals surface area contributed by atoms with Crippen LogP contribution in [-0.4, -0.2) is 18.2 Å². The number of rotatable bonds is 2. The average molecular weight is 211 g/mol. The Bertz CT molecular complexity index is 235. The average Bonchev–Trinajstić information content (AvgIpc) is 2.38. The van der Waals surface area contributed by atoms with Gasteiger partial charge in [-0.15, -0.1) is 0 Å². The fourth-order valence-electron chi connectivity index (χ4n) is 3.64. The van der Waals surface area contributed by atoms with Crippen molar-refractivity contribution in [2.45, 2.75) is 58.6 Å². The van der Waals surface area contributed by atoms with Crippen LogP contribution in [-0.2, 0) is 4.74 Å². The van der Waals surface area contributed by atoms with Crippen LogP contribution in [0, 0.1) is 17.3 Å². The molecule has 0 aromatic heterocycles. The van der Waals surface area contributed by atoms with E-state index in [2.05, 4.69) is 27.7 Å². The minimum Gasteiger partial charge on any atom is -0.373 e. The van der Waals surface area contributed by atoms with Crippen LogP contribution in [0.5, 0.6) is 0 Å². The Morgan fingerprint density at radius 1 is 1.13 bits per heavy atom. The van der Waals surface area contributed by atoms with Gasteiger partial charge in [-0.05, 0) is 31.1 Å². The Morgan fingerprint density at radius 3 is 1.87 bits per heavy atom. The van der Waals surface area contributed by atoms with Crippen molar-refractivity contribution in [3.63, 3.8) is 0 Å². The van der Waals surface area contributed by atoms with Gasteiger partial charge in [0.15, 0.2) is 0 Å². The predicted molar refractivity (Wildman–Crippen MR) is 62.6 cm³/mol. The first kappa shape index (κ1) is 11.4. The molecule has 1 saturated carbocycles. The van der Waals surface area contributed by atoms with Crippen LogP contribution in [0.1, 0.15) is 47.0 Å². The maximum absolute atomic E-state index is 6.53. The van der Waals surface area contributed by atoms with Gasteiger partial charge < -0.3 is 10.5 Å². The zero-order valence-electron chi connectivity index (χ0n) is 10.5. The highest BCUT2D eigenvalue weighted by Crippen LogP contribution is 2.55. The van der Waals surface area contributed by atoms with E-state index in [1.807, 2.05) is 0 Å². The van der Waals surface area contributed by atoms with Crippen molar-refractivity contribution in [2.75, 3.05) is 6.61 Å². The molecule has 0 aromatic carbocycles. The second-order valence-electron chi connectivity index (χ2n) is 6.11. The minimum atomic E-state index is 0.0501. The minimum absolute atomic E-state index is 0.0501. The van der Waals surface area contributed by atoms with E-state index in [1.165, 1.54) is 19.3 Å². The van der Waals surface area contributed by atoms with Gasteiger partial charge in [-0.2, -0.15) is 0 Å². The standard InChI is InChI=1S/C13H25NO/c1-9(2)13(10(3)4)8-15-12(11(13)14)6-5-7-12/h9-11H,5-8,14H2,1-4H3/t11-/m1/s1. The molecule has 2 fully saturated rings. The van der Waals surface area contributed by atoms with Gasteiger partial charge in [0.25, 0.3) is 0 Å². The van der Waals surface area contributed by atoms with Crippen LogP contribution in [0.4, 0.5) is 0 Å². The van der Waals surface area contributed by atoms with Crippen LogP contribution in [0.15, 0.2) is 0 Å². The SMILES string of the molecule is CC(C)C1(C(C)C)COC2(CCC2)[C@H]1N. The summed E-state index contributed by atoms with van der Waals surface area (Å²) in [7, 11) is 0. The normalized spacial score (nSPS) is 32.6. The Kier molecular flexibility index (Phi) is 2.63. The van der Waals surface area contributed by atoms with Gasteiger partial charge in [-0.1, -0.05) is 27.7 Å². The lowest BCUT2D eigenvalue weighted by Gasteiger charge is -2.47. The Morgan fingerprint density at radius 2 is 1.67 bits per heavy atom. The third-order valence-electron chi connectivity index (χ3n) is 5.11. The molecule has 88 valence electrons. The third kappa shape index (κ3) is 1.31. The second kappa shape index (κ2) is 3.46. The molecular formula is C13H25NO. The van der Waals surface area contributed by atoms with Crippen molar-refractivity contribution in [1.29, 1.82) is 0 Å². The largest absolute Gasteiger partial charge is 0.373 e. The van der Waals surface area contributed by atoms with Gasteiger partial charge in [0.2, 0.25) is 0 Å². The first-order valence-electron chi connectivity index (χ1n) is 6.35. The van der Waals surface area contributed by atoms with Gasteiger partial charge >= 0.3 is 0 Å². The second-order valence-corrected chi connectivity index (χ2v) is 6.11. The van der Waals surface area contributed by atoms with Crippen LogP contribution in [0.2, 0.25) is 0 Å². The topological polar surface area (TPSA) is 35.2 Å². The molecule has 0 radical (unpaired) electrons. The highest BCUT2D eigenvalue weighted by atomic mass is 16.5. The van der Waals surface area contributed by atoms with Crippen molar-refractivity contribution < 1.29 is 4.74 Å². The van der Waals surface area contributed by atoms with Crippen LogP contribution in [0.3, 0.4) is 0 Å². The smallest absolute Gasteiger partial charge is 0.0839 e. The zero-order chi connectivity index (χ0) is 11.3. The molecule has 2 rings (SSSR count). The Hall–Kier alpha value is -0.0800. The molecule has 1 aliphatic heterocycles. The highest BCUT2D eigenvalue weighted by molar-refractivity contribution is 5.13. The van der Waals surface area contributed by atoms with Gasteiger partial charge in [-0.25, -0.2) is 0 Å². The number of hydrogen-bond acceptors (Lipinski definition) is 2. The molecular weight excluding hydrogens is 186 g/mol. The fourth-order valence-corrected chi connectivity index (χ4v) is 3.64. The fraction of sp³-hybridized carbons (Fsp3) is 1.00. The molecule has 2 N–H and O–H groups in total. The molecule has 2 aliphatic rings. The summed E-state index contributed by atoms with van der Waals surface area (Å²) in [6, 6.07) is 0.235. The molecule has 1 heterocycles. The molecule has 0 bridgehead atoms. The number of hydrogen-bond donors (Lipinski definition) is 1. The van der Waals surface area contributed by atoms with Crippen molar-refractivity contribution >= 4 is 0 Å². The van der Waals surface area contributed by atoms with Crippen LogP contribution < -0.4 is 5.73 Å². The summed E-state index contributed by atoms with van der Waals surface area (Å²) >= 11 is 0. The summed E-state index contributed by atoms with van der Waals surface area (Å²) in [6.07, 6.45) is 3.64. The summed E-state index contributed by atoms with van der Waals surface area (Å²) < 4.78 is 6.10. The lowest BCUT2D eigenvalue weighted by atomic mass is 9.59. The van der Waals surface area contributed by atoms with E-state index in [1.54, 1.807) is 0 Å². The summed E-state index contributed by atoms with van der Waals surface area (Å²) in [6.45, 7) is 10.0. The molecule has 1 spiro atoms. The molecule has 2 nitrogen and oxygen atoms in total. The lowest BCUT2D eigenvalue weighted by molar-refractivity contribution is -0.0647. The predicted octanol–water partition coefficient (Wildman–Crippen LogP) is 2.57. The number of ether oxygens (including phenoxy) is 1.